The summed E-state index contributed by atoms with van der Waals surface area (Å²) in [5, 5.41) is -0.260. The highest BCUT2D eigenvalue weighted by Gasteiger charge is 2.38. The smallest absolute Gasteiger partial charge is 0.279 e. The highest BCUT2D eigenvalue weighted by molar-refractivity contribution is 7.22. The molecule has 0 N–H and O–H groups in total. The first-order chi connectivity index (χ1) is 16.3. The predicted octanol–water partition coefficient (Wildman–Crippen LogP) is 6.85. The fraction of sp³-hybridized carbons (Fsp3) is 0.136. The van der Waals surface area contributed by atoms with E-state index in [4.69, 9.17) is 0 Å². The molecule has 0 bridgehead atoms. The van der Waals surface area contributed by atoms with Gasteiger partial charge < -0.3 is 0 Å². The van der Waals surface area contributed by atoms with E-state index in [-0.39, 0.29) is 28.0 Å². The van der Waals surface area contributed by atoms with Crippen LogP contribution >= 0.6 is 11.3 Å². The van der Waals surface area contributed by atoms with Gasteiger partial charge in [-0.1, -0.05) is 17.4 Å². The van der Waals surface area contributed by atoms with Crippen molar-refractivity contribution >= 4 is 32.6 Å². The van der Waals surface area contributed by atoms with Crippen molar-refractivity contribution in [2.24, 2.45) is 0 Å². The first kappa shape index (κ1) is 24.5. The summed E-state index contributed by atoms with van der Waals surface area (Å²) in [6.45, 7) is -0.367. The minimum atomic E-state index is -5.17. The average molecular weight is 517 g/mol. The second kappa shape index (κ2) is 8.87. The third-order valence-electron chi connectivity index (χ3n) is 4.78. The molecule has 182 valence electrons. The van der Waals surface area contributed by atoms with E-state index in [1.165, 1.54) is 24.5 Å². The van der Waals surface area contributed by atoms with Crippen LogP contribution < -0.4 is 4.90 Å². The number of alkyl halides is 6. The standard InChI is InChI=1S/C22H11F8N3OS/c23-15-7-16(24)18-17(8-15)35-20(32-18)33(10-11-2-1-3-31-9-11)19(34)12-4-13(21(25,26)27)6-14(5-12)22(28,29)30/h1-9H,10H2. The van der Waals surface area contributed by atoms with Crippen LogP contribution in [0.1, 0.15) is 27.0 Å². The fourth-order valence-electron chi connectivity index (χ4n) is 3.20. The Kier molecular flexibility index (Phi) is 6.21. The van der Waals surface area contributed by atoms with E-state index in [9.17, 15) is 39.9 Å². The maximum atomic E-state index is 14.2. The van der Waals surface area contributed by atoms with Gasteiger partial charge in [-0.3, -0.25) is 14.7 Å². The molecule has 0 unspecified atom stereocenters. The number of halogens is 8. The van der Waals surface area contributed by atoms with Gasteiger partial charge in [0.2, 0.25) is 0 Å². The molecule has 0 saturated heterocycles. The van der Waals surface area contributed by atoms with Gasteiger partial charge in [0, 0.05) is 24.0 Å². The number of nitrogens with zero attached hydrogens (tertiary/aromatic N) is 3. The second-order valence-electron chi connectivity index (χ2n) is 7.28. The van der Waals surface area contributed by atoms with Gasteiger partial charge in [-0.05, 0) is 35.9 Å². The highest BCUT2D eigenvalue weighted by Crippen LogP contribution is 2.38. The van der Waals surface area contributed by atoms with Crippen LogP contribution in [0.4, 0.5) is 40.3 Å². The highest BCUT2D eigenvalue weighted by atomic mass is 32.1. The summed E-state index contributed by atoms with van der Waals surface area (Å²) >= 11 is 0.645. The Balaban J connectivity index is 1.87. The monoisotopic (exact) mass is 517 g/mol. The number of carbonyl (C=O) groups is 1. The number of pyridine rings is 1. The van der Waals surface area contributed by atoms with Gasteiger partial charge in [0.1, 0.15) is 11.3 Å². The molecule has 1 amide bonds. The molecule has 2 aromatic heterocycles. The van der Waals surface area contributed by atoms with Crippen LogP contribution in [-0.2, 0) is 18.9 Å². The molecule has 0 radical (unpaired) electrons. The maximum Gasteiger partial charge on any atom is 0.416 e. The number of anilines is 1. The van der Waals surface area contributed by atoms with E-state index in [1.807, 2.05) is 0 Å². The number of hydrogen-bond donors (Lipinski definition) is 0. The summed E-state index contributed by atoms with van der Waals surface area (Å²) in [6, 6.07) is 4.99. The number of rotatable bonds is 4. The molecule has 0 aliphatic carbocycles. The van der Waals surface area contributed by atoms with Crippen LogP contribution in [0, 0.1) is 11.6 Å². The van der Waals surface area contributed by atoms with Crippen LogP contribution in [-0.4, -0.2) is 15.9 Å². The number of benzene rings is 2. The normalized spacial score (nSPS) is 12.2. The van der Waals surface area contributed by atoms with Crippen molar-refractivity contribution in [1.29, 1.82) is 0 Å². The summed E-state index contributed by atoms with van der Waals surface area (Å²) in [7, 11) is 0. The lowest BCUT2D eigenvalue weighted by Gasteiger charge is -2.21. The molecule has 0 aliphatic heterocycles. The molecule has 4 aromatic rings. The Labute approximate surface area is 195 Å². The van der Waals surface area contributed by atoms with Crippen molar-refractivity contribution in [3.63, 3.8) is 0 Å². The summed E-state index contributed by atoms with van der Waals surface area (Å²) in [6.07, 6.45) is -7.60. The molecule has 0 saturated carbocycles. The van der Waals surface area contributed by atoms with Gasteiger partial charge in [-0.15, -0.1) is 0 Å². The largest absolute Gasteiger partial charge is 0.416 e. The van der Waals surface area contributed by atoms with E-state index in [0.717, 1.165) is 11.0 Å². The molecule has 2 aromatic carbocycles. The Morgan fingerprint density at radius 3 is 2.17 bits per heavy atom. The quantitative estimate of drug-likeness (QED) is 0.278. The van der Waals surface area contributed by atoms with Gasteiger partial charge in [0.25, 0.3) is 5.91 Å². The lowest BCUT2D eigenvalue weighted by molar-refractivity contribution is -0.143. The van der Waals surface area contributed by atoms with E-state index < -0.39 is 46.6 Å². The zero-order valence-electron chi connectivity index (χ0n) is 17.1. The van der Waals surface area contributed by atoms with Gasteiger partial charge >= 0.3 is 12.4 Å². The van der Waals surface area contributed by atoms with Crippen LogP contribution in [0.2, 0.25) is 0 Å². The first-order valence-corrected chi connectivity index (χ1v) is 10.4. The average Bonchev–Trinajstić information content (AvgIpc) is 3.20. The molecule has 0 spiro atoms. The van der Waals surface area contributed by atoms with E-state index in [2.05, 4.69) is 9.97 Å². The number of thiazole rings is 1. The molecule has 0 aliphatic rings. The van der Waals surface area contributed by atoms with Crippen molar-refractivity contribution in [3.8, 4) is 0 Å². The molecule has 2 heterocycles. The van der Waals surface area contributed by atoms with Crippen LogP contribution in [0.25, 0.3) is 10.2 Å². The lowest BCUT2D eigenvalue weighted by Crippen LogP contribution is -2.31. The molecule has 35 heavy (non-hydrogen) atoms. The van der Waals surface area contributed by atoms with Crippen LogP contribution in [0.3, 0.4) is 0 Å². The molecule has 0 atom stereocenters. The Bertz CT molecular complexity index is 1370. The Morgan fingerprint density at radius 2 is 1.60 bits per heavy atom. The van der Waals surface area contributed by atoms with Crippen molar-refractivity contribution in [2.75, 3.05) is 4.90 Å². The molecule has 13 heteroatoms. The molecular formula is C22H11F8N3OS. The predicted molar refractivity (Wildman–Crippen MR) is 111 cm³/mol. The number of hydrogen-bond acceptors (Lipinski definition) is 4. The van der Waals surface area contributed by atoms with Crippen LogP contribution in [0.15, 0.2) is 54.9 Å². The topological polar surface area (TPSA) is 46.1 Å². The minimum Gasteiger partial charge on any atom is -0.279 e. The van der Waals surface area contributed by atoms with Crippen molar-refractivity contribution in [3.05, 3.63) is 88.7 Å². The molecular weight excluding hydrogens is 506 g/mol. The van der Waals surface area contributed by atoms with E-state index >= 15 is 0 Å². The van der Waals surface area contributed by atoms with Gasteiger partial charge in [-0.25, -0.2) is 13.8 Å². The van der Waals surface area contributed by atoms with E-state index in [0.29, 0.717) is 35.1 Å². The third-order valence-corrected chi connectivity index (χ3v) is 5.80. The Hall–Kier alpha value is -3.61. The number of amides is 1. The zero-order valence-corrected chi connectivity index (χ0v) is 17.9. The number of carbonyl (C=O) groups excluding carboxylic acids is 1. The van der Waals surface area contributed by atoms with Crippen LogP contribution in [0.5, 0.6) is 0 Å². The maximum absolute atomic E-state index is 14.2. The minimum absolute atomic E-state index is 0.0125. The Morgan fingerprint density at radius 1 is 0.943 bits per heavy atom. The molecule has 4 rings (SSSR count). The summed E-state index contributed by atoms with van der Waals surface area (Å²) < 4.78 is 108. The molecule has 4 nitrogen and oxygen atoms in total. The summed E-state index contributed by atoms with van der Waals surface area (Å²) in [5.74, 6) is -3.23. The third kappa shape index (κ3) is 5.24. The fourth-order valence-corrected chi connectivity index (χ4v) is 4.20. The lowest BCUT2D eigenvalue weighted by atomic mass is 10.0. The number of fused-ring (bicyclic) bond motifs is 1. The van der Waals surface area contributed by atoms with E-state index in [1.54, 1.807) is 0 Å². The van der Waals surface area contributed by atoms with Crippen molar-refractivity contribution < 1.29 is 39.9 Å². The second-order valence-corrected chi connectivity index (χ2v) is 8.29. The number of aromatic nitrogens is 2. The van der Waals surface area contributed by atoms with Gasteiger partial charge in [0.15, 0.2) is 10.9 Å². The summed E-state index contributed by atoms with van der Waals surface area (Å²) in [5.41, 5.74) is -4.21. The van der Waals surface area contributed by atoms with Crippen molar-refractivity contribution in [2.45, 2.75) is 18.9 Å². The van der Waals surface area contributed by atoms with Gasteiger partial charge in [-0.2, -0.15) is 26.3 Å². The zero-order chi connectivity index (χ0) is 25.5. The SMILES string of the molecule is O=C(c1cc(C(F)(F)F)cc(C(F)(F)F)c1)N(Cc1cccnc1)c1nc2c(F)cc(F)cc2s1. The summed E-state index contributed by atoms with van der Waals surface area (Å²) in [4.78, 5) is 21.9. The first-order valence-electron chi connectivity index (χ1n) is 9.59. The van der Waals surface area contributed by atoms with Crippen molar-refractivity contribution in [1.82, 2.24) is 9.97 Å². The molecule has 0 fully saturated rings. The van der Waals surface area contributed by atoms with Gasteiger partial charge in [0.05, 0.1) is 22.4 Å².